The number of rotatable bonds is 5. The van der Waals surface area contributed by atoms with Crippen molar-refractivity contribution in [1.82, 2.24) is 10.2 Å². The van der Waals surface area contributed by atoms with Crippen LogP contribution in [0.4, 0.5) is 0 Å². The van der Waals surface area contributed by atoms with Crippen LogP contribution in [0.3, 0.4) is 0 Å². The van der Waals surface area contributed by atoms with E-state index in [1.807, 2.05) is 29.2 Å². The van der Waals surface area contributed by atoms with Crippen LogP contribution in [0.1, 0.15) is 37.2 Å². The minimum Gasteiger partial charge on any atom is -0.496 e. The number of carbonyl (C=O) groups excluding carboxylic acids is 2. The van der Waals surface area contributed by atoms with Gasteiger partial charge in [-0.25, -0.2) is 0 Å². The minimum absolute atomic E-state index is 0.00241. The monoisotopic (exact) mass is 328 g/mol. The Balaban J connectivity index is 1.59. The quantitative estimate of drug-likeness (QED) is 0.898. The molecule has 3 aliphatic rings. The zero-order valence-corrected chi connectivity index (χ0v) is 14.0. The first-order valence-corrected chi connectivity index (χ1v) is 8.89. The maximum Gasteiger partial charge on any atom is 0.225 e. The van der Waals surface area contributed by atoms with Crippen molar-refractivity contribution in [1.29, 1.82) is 0 Å². The normalized spacial score (nSPS) is 26.3. The lowest BCUT2D eigenvalue weighted by Crippen LogP contribution is -2.37. The van der Waals surface area contributed by atoms with Crippen molar-refractivity contribution in [2.45, 2.75) is 37.6 Å². The predicted octanol–water partition coefficient (Wildman–Crippen LogP) is 1.93. The van der Waals surface area contributed by atoms with Crippen LogP contribution in [-0.2, 0) is 9.59 Å². The fourth-order valence-electron chi connectivity index (χ4n) is 3.66. The highest BCUT2D eigenvalue weighted by Crippen LogP contribution is 2.40. The maximum atomic E-state index is 12.7. The average Bonchev–Trinajstić information content (AvgIpc) is 3.52. The highest BCUT2D eigenvalue weighted by atomic mass is 16.5. The van der Waals surface area contributed by atoms with Gasteiger partial charge in [-0.2, -0.15) is 0 Å². The first-order valence-electron chi connectivity index (χ1n) is 8.89. The van der Waals surface area contributed by atoms with Crippen molar-refractivity contribution in [3.63, 3.8) is 0 Å². The summed E-state index contributed by atoms with van der Waals surface area (Å²) >= 11 is 0. The summed E-state index contributed by atoms with van der Waals surface area (Å²) in [5.74, 6) is 1.10. The van der Waals surface area contributed by atoms with Gasteiger partial charge in [0, 0.05) is 31.0 Å². The Kier molecular flexibility index (Phi) is 3.94. The van der Waals surface area contributed by atoms with Crippen molar-refractivity contribution in [2.24, 2.45) is 11.8 Å². The van der Waals surface area contributed by atoms with Gasteiger partial charge in [0.15, 0.2) is 0 Å². The van der Waals surface area contributed by atoms with Gasteiger partial charge in [-0.15, -0.1) is 0 Å². The van der Waals surface area contributed by atoms with E-state index in [1.165, 1.54) is 0 Å². The average molecular weight is 328 g/mol. The van der Waals surface area contributed by atoms with Crippen molar-refractivity contribution in [3.05, 3.63) is 29.8 Å². The Bertz CT molecular complexity index is 652. The SMILES string of the molecule is COc1ccccc1[C@H]1CN(C(=O)C2CC2)C[C@H]1C(=O)NC1CC1. The molecule has 5 heteroatoms. The Hall–Kier alpha value is -2.04. The van der Waals surface area contributed by atoms with E-state index in [-0.39, 0.29) is 29.6 Å². The van der Waals surface area contributed by atoms with Gasteiger partial charge in [-0.05, 0) is 37.3 Å². The van der Waals surface area contributed by atoms with Gasteiger partial charge in [0.05, 0.1) is 13.0 Å². The topological polar surface area (TPSA) is 58.6 Å². The molecule has 1 aromatic rings. The zero-order chi connectivity index (χ0) is 16.7. The third-order valence-corrected chi connectivity index (χ3v) is 5.36. The zero-order valence-electron chi connectivity index (χ0n) is 14.0. The summed E-state index contributed by atoms with van der Waals surface area (Å²) < 4.78 is 5.50. The van der Waals surface area contributed by atoms with E-state index in [2.05, 4.69) is 5.32 Å². The molecule has 2 aliphatic carbocycles. The molecule has 24 heavy (non-hydrogen) atoms. The second-order valence-electron chi connectivity index (χ2n) is 7.26. The lowest BCUT2D eigenvalue weighted by molar-refractivity contribution is -0.132. The molecule has 0 unspecified atom stereocenters. The fraction of sp³-hybridized carbons (Fsp3) is 0.579. The third-order valence-electron chi connectivity index (χ3n) is 5.36. The number of carbonyl (C=O) groups is 2. The van der Waals surface area contributed by atoms with Crippen molar-refractivity contribution >= 4 is 11.8 Å². The van der Waals surface area contributed by atoms with Gasteiger partial charge in [-0.3, -0.25) is 9.59 Å². The number of nitrogens with zero attached hydrogens (tertiary/aromatic N) is 1. The summed E-state index contributed by atoms with van der Waals surface area (Å²) in [6.07, 6.45) is 4.13. The van der Waals surface area contributed by atoms with Crippen LogP contribution >= 0.6 is 0 Å². The fourth-order valence-corrected chi connectivity index (χ4v) is 3.66. The molecule has 0 bridgehead atoms. The molecule has 5 nitrogen and oxygen atoms in total. The molecule has 0 spiro atoms. The van der Waals surface area contributed by atoms with E-state index in [1.54, 1.807) is 7.11 Å². The summed E-state index contributed by atoms with van der Waals surface area (Å²) in [6.45, 7) is 1.13. The molecular formula is C19H24N2O3. The molecule has 4 rings (SSSR count). The van der Waals surface area contributed by atoms with Gasteiger partial charge in [0.25, 0.3) is 0 Å². The van der Waals surface area contributed by atoms with E-state index < -0.39 is 0 Å². The number of nitrogens with one attached hydrogen (secondary N) is 1. The van der Waals surface area contributed by atoms with Gasteiger partial charge in [0.2, 0.25) is 11.8 Å². The van der Waals surface area contributed by atoms with Crippen molar-refractivity contribution < 1.29 is 14.3 Å². The molecule has 1 heterocycles. The number of likely N-dealkylation sites (tertiary alicyclic amines) is 1. The molecule has 0 radical (unpaired) electrons. The second kappa shape index (κ2) is 6.11. The first-order chi connectivity index (χ1) is 11.7. The largest absolute Gasteiger partial charge is 0.496 e. The van der Waals surface area contributed by atoms with E-state index >= 15 is 0 Å². The molecule has 1 aliphatic heterocycles. The lowest BCUT2D eigenvalue weighted by atomic mass is 9.87. The molecule has 2 atom stereocenters. The van der Waals surface area contributed by atoms with Gasteiger partial charge in [-0.1, -0.05) is 18.2 Å². The summed E-state index contributed by atoms with van der Waals surface area (Å²) in [4.78, 5) is 27.1. The molecule has 1 saturated heterocycles. The number of ether oxygens (including phenoxy) is 1. The Morgan fingerprint density at radius 3 is 2.54 bits per heavy atom. The van der Waals surface area contributed by atoms with Crippen LogP contribution in [0.25, 0.3) is 0 Å². The summed E-state index contributed by atoms with van der Waals surface area (Å²) in [5.41, 5.74) is 1.03. The van der Waals surface area contributed by atoms with E-state index in [0.717, 1.165) is 37.0 Å². The number of amides is 2. The lowest BCUT2D eigenvalue weighted by Gasteiger charge is -2.20. The second-order valence-corrected chi connectivity index (χ2v) is 7.26. The molecule has 128 valence electrons. The van der Waals surface area contributed by atoms with Crippen LogP contribution in [0.15, 0.2) is 24.3 Å². The highest BCUT2D eigenvalue weighted by Gasteiger charge is 2.45. The van der Waals surface area contributed by atoms with Gasteiger partial charge < -0.3 is 15.0 Å². The molecule has 2 saturated carbocycles. The van der Waals surface area contributed by atoms with Crippen molar-refractivity contribution in [3.8, 4) is 5.75 Å². The first kappa shape index (κ1) is 15.5. The molecule has 1 aromatic carbocycles. The van der Waals surface area contributed by atoms with Gasteiger partial charge >= 0.3 is 0 Å². The van der Waals surface area contributed by atoms with Crippen LogP contribution in [0, 0.1) is 11.8 Å². The maximum absolute atomic E-state index is 12.7. The number of hydrogen-bond donors (Lipinski definition) is 1. The Morgan fingerprint density at radius 1 is 1.12 bits per heavy atom. The van der Waals surface area contributed by atoms with Crippen LogP contribution in [-0.4, -0.2) is 43.0 Å². The van der Waals surface area contributed by atoms with Crippen LogP contribution in [0.2, 0.25) is 0 Å². The highest BCUT2D eigenvalue weighted by molar-refractivity contribution is 5.85. The molecular weight excluding hydrogens is 304 g/mol. The minimum atomic E-state index is -0.190. The summed E-state index contributed by atoms with van der Waals surface area (Å²) in [7, 11) is 1.65. The summed E-state index contributed by atoms with van der Waals surface area (Å²) in [5, 5.41) is 3.12. The smallest absolute Gasteiger partial charge is 0.225 e. The van der Waals surface area contributed by atoms with E-state index in [9.17, 15) is 9.59 Å². The van der Waals surface area contributed by atoms with Crippen LogP contribution in [0.5, 0.6) is 5.75 Å². The standard InChI is InChI=1S/C19H24N2O3/c1-24-17-5-3-2-4-14(17)15-10-21(19(23)12-6-7-12)11-16(15)18(22)20-13-8-9-13/h2-5,12-13,15-16H,6-11H2,1H3,(H,20,22)/t15-,16-/m1/s1. The number of para-hydroxylation sites is 1. The van der Waals surface area contributed by atoms with Crippen molar-refractivity contribution in [2.75, 3.05) is 20.2 Å². The summed E-state index contributed by atoms with van der Waals surface area (Å²) in [6, 6.07) is 8.19. The van der Waals surface area contributed by atoms with E-state index in [4.69, 9.17) is 4.74 Å². The molecule has 1 N–H and O–H groups in total. The number of benzene rings is 1. The predicted molar refractivity (Wildman–Crippen MR) is 89.7 cm³/mol. The van der Waals surface area contributed by atoms with Gasteiger partial charge in [0.1, 0.15) is 5.75 Å². The van der Waals surface area contributed by atoms with E-state index in [0.29, 0.717) is 19.1 Å². The molecule has 0 aromatic heterocycles. The number of methoxy groups -OCH3 is 1. The number of hydrogen-bond acceptors (Lipinski definition) is 3. The Labute approximate surface area is 142 Å². The Morgan fingerprint density at radius 2 is 1.88 bits per heavy atom. The molecule has 2 amide bonds. The van der Waals surface area contributed by atoms with Crippen LogP contribution < -0.4 is 10.1 Å². The molecule has 3 fully saturated rings. The third kappa shape index (κ3) is 2.99.